The Morgan fingerprint density at radius 1 is 1.50 bits per heavy atom. The molecule has 0 aliphatic heterocycles. The van der Waals surface area contributed by atoms with Crippen molar-refractivity contribution >= 4 is 12.2 Å². The minimum atomic E-state index is 0.999. The lowest BCUT2D eigenvalue weighted by Gasteiger charge is -1.91. The minimum Gasteiger partial charge on any atom is -0.345 e. The molecule has 0 bridgehead atoms. The molecule has 0 atom stereocenters. The van der Waals surface area contributed by atoms with Gasteiger partial charge in [-0.3, -0.25) is 0 Å². The zero-order valence-electron chi connectivity index (χ0n) is 7.76. The summed E-state index contributed by atoms with van der Waals surface area (Å²) in [5.74, 6) is 0. The fraction of sp³-hybridized carbons (Fsp3) is 0.300. The van der Waals surface area contributed by atoms with Crippen LogP contribution in [0, 0.1) is 0 Å². The number of nitrogens with one attached hydrogen (secondary N) is 1. The van der Waals surface area contributed by atoms with Gasteiger partial charge in [0, 0.05) is 0 Å². The molecule has 1 heterocycles. The van der Waals surface area contributed by atoms with Gasteiger partial charge in [-0.15, -0.1) is 0 Å². The summed E-state index contributed by atoms with van der Waals surface area (Å²) >= 11 is 0. The molecule has 0 fully saturated rings. The summed E-state index contributed by atoms with van der Waals surface area (Å²) < 4.78 is 0. The van der Waals surface area contributed by atoms with Crippen molar-refractivity contribution in [3.63, 3.8) is 0 Å². The number of nitrogens with zero attached hydrogens (tertiary/aromatic N) is 1. The van der Waals surface area contributed by atoms with E-state index < -0.39 is 0 Å². The van der Waals surface area contributed by atoms with Crippen molar-refractivity contribution in [3.8, 4) is 0 Å². The summed E-state index contributed by atoms with van der Waals surface area (Å²) in [7, 11) is 0. The smallest absolute Gasteiger partial charge is 0.0931 e. The molecule has 0 unspecified atom stereocenters. The first-order valence-electron chi connectivity index (χ1n) is 4.05. The summed E-state index contributed by atoms with van der Waals surface area (Å²) in [6, 6.07) is 0. The Morgan fingerprint density at radius 2 is 2.25 bits per heavy atom. The molecular weight excluding hydrogens is 148 g/mol. The third kappa shape index (κ3) is 2.09. The zero-order chi connectivity index (χ0) is 8.97. The van der Waals surface area contributed by atoms with Crippen molar-refractivity contribution in [2.75, 3.05) is 0 Å². The van der Waals surface area contributed by atoms with E-state index in [0.29, 0.717) is 0 Å². The van der Waals surface area contributed by atoms with Gasteiger partial charge in [-0.2, -0.15) is 0 Å². The second-order valence-electron chi connectivity index (χ2n) is 2.92. The lowest BCUT2D eigenvalue weighted by molar-refractivity contribution is 1.30. The van der Waals surface area contributed by atoms with Gasteiger partial charge < -0.3 is 4.98 Å². The van der Waals surface area contributed by atoms with Gasteiger partial charge in [0.15, 0.2) is 0 Å². The van der Waals surface area contributed by atoms with E-state index in [1.807, 2.05) is 19.1 Å². The molecule has 0 aromatic carbocycles. The monoisotopic (exact) mass is 162 g/mol. The van der Waals surface area contributed by atoms with E-state index in [0.717, 1.165) is 11.4 Å². The maximum atomic E-state index is 4.17. The van der Waals surface area contributed by atoms with E-state index in [4.69, 9.17) is 0 Å². The van der Waals surface area contributed by atoms with Crippen LogP contribution in [0.3, 0.4) is 0 Å². The van der Waals surface area contributed by atoms with Gasteiger partial charge in [0.25, 0.3) is 0 Å². The Labute approximate surface area is 73.0 Å². The second-order valence-corrected chi connectivity index (χ2v) is 2.92. The first kappa shape index (κ1) is 8.78. The van der Waals surface area contributed by atoms with Crippen LogP contribution in [0.4, 0.5) is 0 Å². The van der Waals surface area contributed by atoms with Crippen LogP contribution in [0.15, 0.2) is 18.0 Å². The van der Waals surface area contributed by atoms with Crippen molar-refractivity contribution < 1.29 is 0 Å². The lowest BCUT2D eigenvalue weighted by Crippen LogP contribution is -1.77. The highest BCUT2D eigenvalue weighted by molar-refractivity contribution is 5.60. The number of hydrogen-bond acceptors (Lipinski definition) is 1. The molecule has 1 aromatic heterocycles. The Morgan fingerprint density at radius 3 is 2.83 bits per heavy atom. The molecule has 0 saturated heterocycles. The van der Waals surface area contributed by atoms with E-state index in [9.17, 15) is 0 Å². The molecule has 0 aliphatic rings. The topological polar surface area (TPSA) is 28.7 Å². The molecule has 0 amide bonds. The van der Waals surface area contributed by atoms with Crippen LogP contribution in [-0.2, 0) is 0 Å². The Kier molecular flexibility index (Phi) is 2.86. The Bertz CT molecular complexity index is 301. The van der Waals surface area contributed by atoms with Crippen LogP contribution in [0.2, 0.25) is 0 Å². The average molecular weight is 162 g/mol. The second kappa shape index (κ2) is 3.90. The number of allylic oxidation sites excluding steroid dienone is 2. The maximum absolute atomic E-state index is 4.17. The van der Waals surface area contributed by atoms with Gasteiger partial charge in [0.2, 0.25) is 0 Å². The Hall–Kier alpha value is -1.31. The van der Waals surface area contributed by atoms with Gasteiger partial charge in [-0.1, -0.05) is 11.6 Å². The maximum Gasteiger partial charge on any atom is 0.0931 e. The highest BCUT2D eigenvalue weighted by Gasteiger charge is 1.96. The van der Waals surface area contributed by atoms with Crippen LogP contribution >= 0.6 is 0 Å². The van der Waals surface area contributed by atoms with E-state index in [1.54, 1.807) is 6.33 Å². The van der Waals surface area contributed by atoms with E-state index >= 15 is 0 Å². The van der Waals surface area contributed by atoms with Crippen molar-refractivity contribution in [3.05, 3.63) is 29.4 Å². The first-order chi connectivity index (χ1) is 5.74. The predicted molar refractivity (Wildman–Crippen MR) is 52.6 cm³/mol. The summed E-state index contributed by atoms with van der Waals surface area (Å²) in [4.78, 5) is 7.26. The third-order valence-corrected chi connectivity index (χ3v) is 1.46. The summed E-state index contributed by atoms with van der Waals surface area (Å²) in [6.07, 6.45) is 7.77. The van der Waals surface area contributed by atoms with E-state index in [2.05, 4.69) is 29.9 Å². The zero-order valence-corrected chi connectivity index (χ0v) is 7.76. The van der Waals surface area contributed by atoms with Gasteiger partial charge in [0.1, 0.15) is 0 Å². The molecule has 1 N–H and O–H groups in total. The van der Waals surface area contributed by atoms with Crippen LogP contribution in [0.1, 0.15) is 32.2 Å². The van der Waals surface area contributed by atoms with Crippen molar-refractivity contribution in [2.45, 2.75) is 20.8 Å². The molecule has 2 nitrogen and oxygen atoms in total. The molecule has 2 heteroatoms. The van der Waals surface area contributed by atoms with E-state index in [1.165, 1.54) is 5.57 Å². The molecule has 64 valence electrons. The number of rotatable bonds is 2. The number of imidazole rings is 1. The van der Waals surface area contributed by atoms with Crippen molar-refractivity contribution in [1.82, 2.24) is 9.97 Å². The Balaban J connectivity index is 2.99. The number of aromatic nitrogens is 2. The summed E-state index contributed by atoms with van der Waals surface area (Å²) in [5, 5.41) is 0. The van der Waals surface area contributed by atoms with Crippen molar-refractivity contribution in [2.24, 2.45) is 0 Å². The van der Waals surface area contributed by atoms with Gasteiger partial charge in [0.05, 0.1) is 17.7 Å². The van der Waals surface area contributed by atoms with Crippen molar-refractivity contribution in [1.29, 1.82) is 0 Å². The molecule has 0 saturated carbocycles. The van der Waals surface area contributed by atoms with Gasteiger partial charge in [-0.25, -0.2) is 4.98 Å². The van der Waals surface area contributed by atoms with Crippen LogP contribution < -0.4 is 0 Å². The average Bonchev–Trinajstić information content (AvgIpc) is 2.37. The van der Waals surface area contributed by atoms with Gasteiger partial charge in [-0.05, 0) is 32.9 Å². The predicted octanol–water partition coefficient (Wildman–Crippen LogP) is 2.87. The highest BCUT2D eigenvalue weighted by atomic mass is 14.9. The largest absolute Gasteiger partial charge is 0.345 e. The number of aromatic amines is 1. The summed E-state index contributed by atoms with van der Waals surface area (Å²) in [6.45, 7) is 6.13. The molecule has 0 spiro atoms. The van der Waals surface area contributed by atoms with Crippen LogP contribution in [0.5, 0.6) is 0 Å². The quantitative estimate of drug-likeness (QED) is 0.711. The molecule has 12 heavy (non-hydrogen) atoms. The fourth-order valence-electron chi connectivity index (χ4n) is 1.01. The molecule has 1 rings (SSSR count). The third-order valence-electron chi connectivity index (χ3n) is 1.46. The standard InChI is InChI=1S/C10H14N2/c1-4-5-9-10(6-8(2)3)12-7-11-9/h4-7H,1-3H3,(H,11,12)/b5-4-. The van der Waals surface area contributed by atoms with Crippen LogP contribution in [0.25, 0.3) is 12.2 Å². The van der Waals surface area contributed by atoms with E-state index in [-0.39, 0.29) is 0 Å². The molecular formula is C10H14N2. The number of H-pyrrole nitrogens is 1. The normalized spacial score (nSPS) is 10.6. The highest BCUT2D eigenvalue weighted by Crippen LogP contribution is 2.09. The first-order valence-corrected chi connectivity index (χ1v) is 4.05. The molecule has 0 aliphatic carbocycles. The SMILES string of the molecule is C/C=C\c1nc[nH]c1C=C(C)C. The summed E-state index contributed by atoms with van der Waals surface area (Å²) in [5.41, 5.74) is 3.34. The lowest BCUT2D eigenvalue weighted by atomic mass is 10.2. The van der Waals surface area contributed by atoms with Crippen LogP contribution in [-0.4, -0.2) is 9.97 Å². The minimum absolute atomic E-state index is 0.999. The molecule has 0 radical (unpaired) electrons. The van der Waals surface area contributed by atoms with Gasteiger partial charge >= 0.3 is 0 Å². The molecule has 1 aromatic rings. The number of hydrogen-bond donors (Lipinski definition) is 1. The fourth-order valence-corrected chi connectivity index (χ4v) is 1.01.